The van der Waals surface area contributed by atoms with Gasteiger partial charge in [-0.25, -0.2) is 14.8 Å². The number of methoxy groups -OCH3 is 1. The van der Waals surface area contributed by atoms with Crippen LogP contribution >= 0.6 is 0 Å². The number of hydrogen-bond acceptors (Lipinski definition) is 5. The van der Waals surface area contributed by atoms with E-state index in [1.807, 2.05) is 6.92 Å². The quantitative estimate of drug-likeness (QED) is 0.733. The largest absolute Gasteiger partial charge is 0.506 e. The fourth-order valence-electron chi connectivity index (χ4n) is 1.42. The zero-order chi connectivity index (χ0) is 11.7. The Morgan fingerprint density at radius 1 is 1.44 bits per heavy atom. The van der Waals surface area contributed by atoms with Gasteiger partial charge < -0.3 is 9.84 Å². The van der Waals surface area contributed by atoms with E-state index in [-0.39, 0.29) is 11.3 Å². The number of aromatic hydroxyl groups is 1. The fraction of sp³-hybridized carbons (Fsp3) is 0.182. The van der Waals surface area contributed by atoms with Gasteiger partial charge in [-0.1, -0.05) is 0 Å². The van der Waals surface area contributed by atoms with Gasteiger partial charge in [-0.2, -0.15) is 0 Å². The van der Waals surface area contributed by atoms with Gasteiger partial charge in [0, 0.05) is 11.9 Å². The molecule has 0 bridgehead atoms. The van der Waals surface area contributed by atoms with Crippen LogP contribution in [0, 0.1) is 6.92 Å². The summed E-state index contributed by atoms with van der Waals surface area (Å²) in [7, 11) is 1.25. The Morgan fingerprint density at radius 2 is 2.19 bits per heavy atom. The van der Waals surface area contributed by atoms with Crippen molar-refractivity contribution in [1.29, 1.82) is 0 Å². The summed E-state index contributed by atoms with van der Waals surface area (Å²) >= 11 is 0. The molecule has 0 aliphatic heterocycles. The molecular formula is C11H10N2O3. The van der Waals surface area contributed by atoms with Crippen molar-refractivity contribution in [1.82, 2.24) is 9.97 Å². The highest BCUT2D eigenvalue weighted by molar-refractivity contribution is 5.98. The van der Waals surface area contributed by atoms with Crippen molar-refractivity contribution >= 4 is 17.0 Å². The van der Waals surface area contributed by atoms with Crippen molar-refractivity contribution in [3.8, 4) is 5.75 Å². The molecule has 0 aliphatic rings. The van der Waals surface area contributed by atoms with Crippen LogP contribution in [0.15, 0.2) is 18.3 Å². The third kappa shape index (κ3) is 1.56. The van der Waals surface area contributed by atoms with Gasteiger partial charge in [-0.05, 0) is 19.1 Å². The highest BCUT2D eigenvalue weighted by Gasteiger charge is 2.15. The Hall–Kier alpha value is -2.17. The summed E-state index contributed by atoms with van der Waals surface area (Å²) in [5.74, 6) is -0.767. The Balaban J connectivity index is 2.70. The summed E-state index contributed by atoms with van der Waals surface area (Å²) < 4.78 is 4.53. The molecule has 0 radical (unpaired) electrons. The van der Waals surface area contributed by atoms with E-state index < -0.39 is 5.97 Å². The average molecular weight is 218 g/mol. The predicted molar refractivity (Wildman–Crippen MR) is 57.3 cm³/mol. The molecule has 0 aliphatic carbocycles. The fourth-order valence-corrected chi connectivity index (χ4v) is 1.42. The molecule has 5 nitrogen and oxygen atoms in total. The lowest BCUT2D eigenvalue weighted by Crippen LogP contribution is -2.03. The van der Waals surface area contributed by atoms with Gasteiger partial charge in [0.2, 0.25) is 0 Å². The molecule has 0 aromatic carbocycles. The van der Waals surface area contributed by atoms with Crippen molar-refractivity contribution in [3.05, 3.63) is 29.6 Å². The van der Waals surface area contributed by atoms with Crippen LogP contribution in [0.2, 0.25) is 0 Å². The van der Waals surface area contributed by atoms with Gasteiger partial charge in [-0.15, -0.1) is 0 Å². The minimum Gasteiger partial charge on any atom is -0.506 e. The van der Waals surface area contributed by atoms with Crippen LogP contribution < -0.4 is 0 Å². The second-order valence-corrected chi connectivity index (χ2v) is 3.34. The molecule has 16 heavy (non-hydrogen) atoms. The van der Waals surface area contributed by atoms with Gasteiger partial charge in [-0.3, -0.25) is 0 Å². The molecule has 82 valence electrons. The molecule has 2 aromatic heterocycles. The molecule has 2 aromatic rings. The van der Waals surface area contributed by atoms with Crippen LogP contribution in [0.5, 0.6) is 5.75 Å². The number of nitrogens with zero attached hydrogens (tertiary/aromatic N) is 2. The Kier molecular flexibility index (Phi) is 2.44. The number of aromatic nitrogens is 2. The smallest absolute Gasteiger partial charge is 0.343 e. The number of ether oxygens (including phenoxy) is 1. The lowest BCUT2D eigenvalue weighted by atomic mass is 10.2. The van der Waals surface area contributed by atoms with Crippen molar-refractivity contribution in [2.75, 3.05) is 7.11 Å². The molecule has 0 atom stereocenters. The molecule has 2 heterocycles. The van der Waals surface area contributed by atoms with Crippen molar-refractivity contribution in [2.24, 2.45) is 0 Å². The summed E-state index contributed by atoms with van der Waals surface area (Å²) in [6.45, 7) is 1.83. The number of esters is 1. The Bertz CT molecular complexity index is 566. The number of pyridine rings is 2. The minimum absolute atomic E-state index is 0.0423. The SMILES string of the molecule is COC(=O)c1cnc2nc(C)ccc2c1O. The summed E-state index contributed by atoms with van der Waals surface area (Å²) in [4.78, 5) is 19.4. The van der Waals surface area contributed by atoms with Crippen LogP contribution in [-0.4, -0.2) is 28.2 Å². The van der Waals surface area contributed by atoms with E-state index in [0.29, 0.717) is 11.0 Å². The molecule has 5 heteroatoms. The van der Waals surface area contributed by atoms with Gasteiger partial charge in [0.25, 0.3) is 0 Å². The van der Waals surface area contributed by atoms with Gasteiger partial charge in [0.05, 0.1) is 12.5 Å². The zero-order valence-electron chi connectivity index (χ0n) is 8.89. The first-order valence-electron chi connectivity index (χ1n) is 4.67. The first-order valence-corrected chi connectivity index (χ1v) is 4.67. The number of fused-ring (bicyclic) bond motifs is 1. The van der Waals surface area contributed by atoms with Gasteiger partial charge >= 0.3 is 5.97 Å². The number of rotatable bonds is 1. The third-order valence-electron chi connectivity index (χ3n) is 2.25. The molecule has 2 rings (SSSR count). The average Bonchev–Trinajstić information content (AvgIpc) is 2.28. The Labute approximate surface area is 91.7 Å². The summed E-state index contributed by atoms with van der Waals surface area (Å²) in [6, 6.07) is 3.41. The van der Waals surface area contributed by atoms with E-state index in [9.17, 15) is 9.90 Å². The molecule has 0 saturated heterocycles. The van der Waals surface area contributed by atoms with E-state index in [0.717, 1.165) is 5.69 Å². The lowest BCUT2D eigenvalue weighted by Gasteiger charge is -2.05. The molecular weight excluding hydrogens is 208 g/mol. The molecule has 0 fully saturated rings. The van der Waals surface area contributed by atoms with Crippen LogP contribution in [-0.2, 0) is 4.74 Å². The monoisotopic (exact) mass is 218 g/mol. The van der Waals surface area contributed by atoms with Crippen molar-refractivity contribution in [2.45, 2.75) is 6.92 Å². The second-order valence-electron chi connectivity index (χ2n) is 3.34. The number of aryl methyl sites for hydroxylation is 1. The minimum atomic E-state index is -0.618. The zero-order valence-corrected chi connectivity index (χ0v) is 8.89. The van der Waals surface area contributed by atoms with Gasteiger partial charge in [0.15, 0.2) is 5.65 Å². The molecule has 0 amide bonds. The highest BCUT2D eigenvalue weighted by Crippen LogP contribution is 2.26. The van der Waals surface area contributed by atoms with Crippen LogP contribution in [0.25, 0.3) is 11.0 Å². The summed E-state index contributed by atoms with van der Waals surface area (Å²) in [5.41, 5.74) is 1.25. The maximum Gasteiger partial charge on any atom is 0.343 e. The maximum absolute atomic E-state index is 11.3. The van der Waals surface area contributed by atoms with Gasteiger partial charge in [0.1, 0.15) is 11.3 Å². The summed E-state index contributed by atoms with van der Waals surface area (Å²) in [5, 5.41) is 10.3. The van der Waals surface area contributed by atoms with E-state index in [2.05, 4.69) is 14.7 Å². The molecule has 0 saturated carbocycles. The molecule has 1 N–H and O–H groups in total. The summed E-state index contributed by atoms with van der Waals surface area (Å²) in [6.07, 6.45) is 1.26. The maximum atomic E-state index is 11.3. The first-order chi connectivity index (χ1) is 7.63. The normalized spacial score (nSPS) is 10.4. The standard InChI is InChI=1S/C11H10N2O3/c1-6-3-4-7-9(14)8(11(15)16-2)5-12-10(7)13-6/h3-5H,1-2H3,(H,12,13,14). The predicted octanol–water partition coefficient (Wildman–Crippen LogP) is 1.43. The molecule has 0 unspecified atom stereocenters. The number of carbonyl (C=O) groups excluding carboxylic acids is 1. The second kappa shape index (κ2) is 3.77. The van der Waals surface area contributed by atoms with Crippen molar-refractivity contribution < 1.29 is 14.6 Å². The van der Waals surface area contributed by atoms with Crippen molar-refractivity contribution in [3.63, 3.8) is 0 Å². The van der Waals surface area contributed by atoms with E-state index in [4.69, 9.17) is 0 Å². The van der Waals surface area contributed by atoms with E-state index in [1.54, 1.807) is 12.1 Å². The van der Waals surface area contributed by atoms with Crippen LogP contribution in [0.4, 0.5) is 0 Å². The lowest BCUT2D eigenvalue weighted by molar-refractivity contribution is 0.0597. The van der Waals surface area contributed by atoms with E-state index >= 15 is 0 Å². The number of hydrogen-bond donors (Lipinski definition) is 1. The van der Waals surface area contributed by atoms with Crippen LogP contribution in [0.3, 0.4) is 0 Å². The van der Waals surface area contributed by atoms with Crippen LogP contribution in [0.1, 0.15) is 16.1 Å². The number of carbonyl (C=O) groups is 1. The highest BCUT2D eigenvalue weighted by atomic mass is 16.5. The third-order valence-corrected chi connectivity index (χ3v) is 2.25. The topological polar surface area (TPSA) is 72.3 Å². The Morgan fingerprint density at radius 3 is 2.88 bits per heavy atom. The van der Waals surface area contributed by atoms with E-state index in [1.165, 1.54) is 13.3 Å². The first kappa shape index (κ1) is 10.4. The molecule has 0 spiro atoms.